The summed E-state index contributed by atoms with van der Waals surface area (Å²) < 4.78 is 0. The van der Waals surface area contributed by atoms with E-state index < -0.39 is 24.2 Å². The molecular formula is C26H37N5O6. The van der Waals surface area contributed by atoms with Gasteiger partial charge in [0.1, 0.15) is 6.04 Å². The van der Waals surface area contributed by atoms with Crippen molar-refractivity contribution in [3.63, 3.8) is 0 Å². The molecular weight excluding hydrogens is 478 g/mol. The number of carbonyl (C=O) groups excluding carboxylic acids is 4. The molecule has 1 N–H and O–H groups in total. The maximum Gasteiger partial charge on any atom is 0.272 e. The summed E-state index contributed by atoms with van der Waals surface area (Å²) in [6, 6.07) is 4.59. The molecule has 2 aliphatic rings. The predicted octanol–water partition coefficient (Wildman–Crippen LogP) is 1.76. The molecule has 0 radical (unpaired) electrons. The third kappa shape index (κ3) is 7.14. The summed E-state index contributed by atoms with van der Waals surface area (Å²) in [6.45, 7) is 8.02. The molecule has 11 heteroatoms. The lowest BCUT2D eigenvalue weighted by atomic mass is 9.95. The number of pyridine rings is 1. The van der Waals surface area contributed by atoms with Crippen LogP contribution in [0.5, 0.6) is 0 Å². The van der Waals surface area contributed by atoms with Gasteiger partial charge in [-0.25, -0.2) is 5.48 Å². The highest BCUT2D eigenvalue weighted by Gasteiger charge is 2.52. The molecule has 0 bridgehead atoms. The predicted molar refractivity (Wildman–Crippen MR) is 135 cm³/mol. The van der Waals surface area contributed by atoms with Crippen LogP contribution in [0.15, 0.2) is 30.5 Å². The Labute approximate surface area is 217 Å². The molecule has 202 valence electrons. The van der Waals surface area contributed by atoms with E-state index in [9.17, 15) is 19.2 Å². The van der Waals surface area contributed by atoms with Gasteiger partial charge in [-0.3, -0.25) is 33.8 Å². The highest BCUT2D eigenvalue weighted by molar-refractivity contribution is 5.95. The van der Waals surface area contributed by atoms with Gasteiger partial charge in [0.15, 0.2) is 12.3 Å². The maximum absolute atomic E-state index is 13.6. The number of rotatable bonds is 10. The molecule has 0 spiro atoms. The van der Waals surface area contributed by atoms with Gasteiger partial charge >= 0.3 is 0 Å². The molecule has 3 heterocycles. The standard InChI is InChI=1S/C26H37N5O6/c1-17(2)14-20-25(34)29(13-11-22(32)28-36-5)16-23-30(20)26(35)21(15-18(3)4)37-31(23)24(33)10-9-19-8-6-7-12-27-19/h6-10,12,17-18,20-21,23H,11,13-16H2,1-5H3,(H,28,32)/b10-9+/t20-,21+,23-/m0/s1. The molecule has 3 atom stereocenters. The summed E-state index contributed by atoms with van der Waals surface area (Å²) in [5.41, 5.74) is 2.84. The van der Waals surface area contributed by atoms with Gasteiger partial charge in [0.2, 0.25) is 11.8 Å². The number of hydrogen-bond donors (Lipinski definition) is 1. The SMILES string of the molecule is CONC(=O)CCN1C[C@@H]2N(C(=O)/C=C/c3ccccn3)O[C@H](CC(C)C)C(=O)N2[C@@H](CC(C)C)C1=O. The third-order valence-electron chi connectivity index (χ3n) is 6.19. The molecule has 0 unspecified atom stereocenters. The zero-order valence-corrected chi connectivity index (χ0v) is 22.1. The smallest absolute Gasteiger partial charge is 0.272 e. The molecule has 1 aromatic rings. The summed E-state index contributed by atoms with van der Waals surface area (Å²) in [5.74, 6) is -1.14. The van der Waals surface area contributed by atoms with E-state index in [1.54, 1.807) is 24.4 Å². The van der Waals surface area contributed by atoms with E-state index in [0.29, 0.717) is 18.5 Å². The molecule has 4 amide bonds. The summed E-state index contributed by atoms with van der Waals surface area (Å²) in [5, 5.41) is 1.20. The lowest BCUT2D eigenvalue weighted by Gasteiger charge is -2.53. The molecule has 11 nitrogen and oxygen atoms in total. The summed E-state index contributed by atoms with van der Waals surface area (Å²) in [7, 11) is 1.33. The summed E-state index contributed by atoms with van der Waals surface area (Å²) in [4.78, 5) is 70.5. The Hall–Kier alpha value is -3.31. The molecule has 2 saturated heterocycles. The first-order valence-corrected chi connectivity index (χ1v) is 12.6. The topological polar surface area (TPSA) is 121 Å². The summed E-state index contributed by atoms with van der Waals surface area (Å²) in [6.07, 6.45) is 3.68. The van der Waals surface area contributed by atoms with Crippen molar-refractivity contribution in [3.8, 4) is 0 Å². The van der Waals surface area contributed by atoms with E-state index in [2.05, 4.69) is 15.3 Å². The van der Waals surface area contributed by atoms with Gasteiger partial charge in [0.05, 0.1) is 19.3 Å². The number of hydroxylamine groups is 3. The molecule has 37 heavy (non-hydrogen) atoms. The van der Waals surface area contributed by atoms with Crippen LogP contribution in [0, 0.1) is 11.8 Å². The Morgan fingerprint density at radius 1 is 1.16 bits per heavy atom. The second-order valence-electron chi connectivity index (χ2n) is 10.1. The van der Waals surface area contributed by atoms with Gasteiger partial charge < -0.3 is 9.80 Å². The molecule has 3 rings (SSSR count). The monoisotopic (exact) mass is 515 g/mol. The van der Waals surface area contributed by atoms with Crippen LogP contribution in [0.4, 0.5) is 0 Å². The Bertz CT molecular complexity index is 998. The lowest BCUT2D eigenvalue weighted by molar-refractivity contribution is -0.274. The minimum absolute atomic E-state index is 0.0129. The van der Waals surface area contributed by atoms with Gasteiger partial charge in [-0.15, -0.1) is 0 Å². The fourth-order valence-corrected chi connectivity index (χ4v) is 4.56. The number of aromatic nitrogens is 1. The van der Waals surface area contributed by atoms with Crippen LogP contribution in [0.2, 0.25) is 0 Å². The molecule has 0 aliphatic carbocycles. The first-order chi connectivity index (χ1) is 17.6. The minimum Gasteiger partial charge on any atom is -0.336 e. The normalized spacial score (nSPS) is 22.2. The van der Waals surface area contributed by atoms with Crippen LogP contribution < -0.4 is 5.48 Å². The van der Waals surface area contributed by atoms with Crippen molar-refractivity contribution >= 4 is 29.7 Å². The first kappa shape index (κ1) is 28.3. The molecule has 2 aliphatic heterocycles. The van der Waals surface area contributed by atoms with E-state index in [-0.39, 0.29) is 49.1 Å². The number of piperazine rings is 1. The third-order valence-corrected chi connectivity index (χ3v) is 6.19. The number of nitrogens with one attached hydrogen (secondary N) is 1. The zero-order valence-electron chi connectivity index (χ0n) is 22.1. The van der Waals surface area contributed by atoms with E-state index in [1.807, 2.05) is 33.8 Å². The van der Waals surface area contributed by atoms with Gasteiger partial charge in [-0.1, -0.05) is 33.8 Å². The highest BCUT2D eigenvalue weighted by atomic mass is 16.7. The van der Waals surface area contributed by atoms with Crippen LogP contribution in [-0.2, 0) is 28.9 Å². The molecule has 0 aromatic carbocycles. The average Bonchev–Trinajstić information content (AvgIpc) is 2.85. The largest absolute Gasteiger partial charge is 0.336 e. The number of amides is 4. The lowest BCUT2D eigenvalue weighted by Crippen LogP contribution is -2.73. The van der Waals surface area contributed by atoms with Crippen LogP contribution in [0.25, 0.3) is 6.08 Å². The van der Waals surface area contributed by atoms with Gasteiger partial charge in [-0.05, 0) is 42.9 Å². The van der Waals surface area contributed by atoms with Crippen LogP contribution in [-0.4, -0.2) is 82.0 Å². The van der Waals surface area contributed by atoms with Gasteiger partial charge in [-0.2, -0.15) is 5.06 Å². The number of carbonyl (C=O) groups is 4. The van der Waals surface area contributed by atoms with Gasteiger partial charge in [0.25, 0.3) is 11.8 Å². The number of nitrogens with zero attached hydrogens (tertiary/aromatic N) is 4. The van der Waals surface area contributed by atoms with Crippen molar-refractivity contribution in [1.82, 2.24) is 25.3 Å². The number of fused-ring (bicyclic) bond motifs is 1. The van der Waals surface area contributed by atoms with E-state index in [0.717, 1.165) is 0 Å². The quantitative estimate of drug-likeness (QED) is 0.372. The fraction of sp³-hybridized carbons (Fsp3) is 0.577. The van der Waals surface area contributed by atoms with E-state index in [4.69, 9.17) is 4.84 Å². The fourth-order valence-electron chi connectivity index (χ4n) is 4.56. The van der Waals surface area contributed by atoms with Crippen molar-refractivity contribution < 1.29 is 28.9 Å². The molecule has 2 fully saturated rings. The van der Waals surface area contributed by atoms with E-state index >= 15 is 0 Å². The van der Waals surface area contributed by atoms with Crippen molar-refractivity contribution in [2.45, 2.75) is 65.3 Å². The zero-order chi connectivity index (χ0) is 27.1. The van der Waals surface area contributed by atoms with E-state index in [1.165, 1.54) is 28.0 Å². The second-order valence-corrected chi connectivity index (χ2v) is 10.1. The Balaban J connectivity index is 1.94. The highest BCUT2D eigenvalue weighted by Crippen LogP contribution is 2.32. The summed E-state index contributed by atoms with van der Waals surface area (Å²) >= 11 is 0. The van der Waals surface area contributed by atoms with Crippen LogP contribution in [0.1, 0.15) is 52.7 Å². The Kier molecular flexibility index (Phi) is 9.76. The van der Waals surface area contributed by atoms with Gasteiger partial charge in [0, 0.05) is 25.2 Å². The Morgan fingerprint density at radius 3 is 2.51 bits per heavy atom. The molecule has 0 saturated carbocycles. The van der Waals surface area contributed by atoms with Crippen LogP contribution >= 0.6 is 0 Å². The van der Waals surface area contributed by atoms with Crippen molar-refractivity contribution in [2.24, 2.45) is 11.8 Å². The Morgan fingerprint density at radius 2 is 1.89 bits per heavy atom. The average molecular weight is 516 g/mol. The van der Waals surface area contributed by atoms with Crippen molar-refractivity contribution in [2.75, 3.05) is 20.2 Å². The van der Waals surface area contributed by atoms with Crippen molar-refractivity contribution in [1.29, 1.82) is 0 Å². The maximum atomic E-state index is 13.6. The second kappa shape index (κ2) is 12.8. The molecule has 1 aromatic heterocycles. The number of hydrogen-bond acceptors (Lipinski definition) is 7. The minimum atomic E-state index is -0.884. The van der Waals surface area contributed by atoms with Crippen molar-refractivity contribution in [3.05, 3.63) is 36.2 Å². The van der Waals surface area contributed by atoms with Crippen LogP contribution in [0.3, 0.4) is 0 Å². The first-order valence-electron chi connectivity index (χ1n) is 12.6.